The number of rotatable bonds is 0. The summed E-state index contributed by atoms with van der Waals surface area (Å²) in [6.07, 6.45) is 3.08. The summed E-state index contributed by atoms with van der Waals surface area (Å²) < 4.78 is 0.999. The van der Waals surface area contributed by atoms with Crippen molar-refractivity contribution in [3.8, 4) is 0 Å². The van der Waals surface area contributed by atoms with Gasteiger partial charge in [-0.05, 0) is 12.1 Å². The monoisotopic (exact) mass is 144 g/mol. The fourth-order valence-electron chi connectivity index (χ4n) is 1.01. The van der Waals surface area contributed by atoms with Crippen molar-refractivity contribution in [2.75, 3.05) is 0 Å². The highest BCUT2D eigenvalue weighted by Gasteiger charge is 1.98. The Morgan fingerprint density at radius 1 is 1.55 bits per heavy atom. The molecule has 0 spiro atoms. The summed E-state index contributed by atoms with van der Waals surface area (Å²) in [5.41, 5.74) is 1.92. The van der Waals surface area contributed by atoms with Crippen LogP contribution in [0.25, 0.3) is 11.0 Å². The molecule has 11 heavy (non-hydrogen) atoms. The number of fused-ring (bicyclic) bond motifs is 1. The molecule has 0 atom stereocenters. The average molecular weight is 144 g/mol. The maximum atomic E-state index is 9.16. The van der Waals surface area contributed by atoms with Gasteiger partial charge in [-0.3, -0.25) is 4.98 Å². The molecule has 0 unspecified atom stereocenters. The van der Waals surface area contributed by atoms with E-state index in [-0.39, 0.29) is 0 Å². The minimum absolute atomic E-state index is 0.548. The van der Waals surface area contributed by atoms with Crippen molar-refractivity contribution < 1.29 is 5.21 Å². The van der Waals surface area contributed by atoms with E-state index in [9.17, 15) is 0 Å². The van der Waals surface area contributed by atoms with Gasteiger partial charge in [-0.1, -0.05) is 5.46 Å². The van der Waals surface area contributed by atoms with Crippen LogP contribution < -0.4 is 5.46 Å². The van der Waals surface area contributed by atoms with Gasteiger partial charge in [0.25, 0.3) is 0 Å². The third-order valence-electron chi connectivity index (χ3n) is 1.54. The molecule has 2 aromatic heterocycles. The van der Waals surface area contributed by atoms with Crippen LogP contribution in [-0.2, 0) is 0 Å². The zero-order valence-corrected chi connectivity index (χ0v) is 5.73. The molecule has 0 saturated heterocycles. The lowest BCUT2D eigenvalue weighted by Crippen LogP contribution is -2.03. The fourth-order valence-corrected chi connectivity index (χ4v) is 1.01. The van der Waals surface area contributed by atoms with Gasteiger partial charge in [0.05, 0.1) is 5.52 Å². The Balaban J connectivity index is 2.87. The maximum Gasteiger partial charge on any atom is 0.116 e. The van der Waals surface area contributed by atoms with Crippen LogP contribution in [-0.4, -0.2) is 22.8 Å². The maximum absolute atomic E-state index is 9.16. The molecule has 0 saturated carbocycles. The van der Waals surface area contributed by atoms with Gasteiger partial charge < -0.3 is 5.21 Å². The first-order valence-electron chi connectivity index (χ1n) is 3.19. The second kappa shape index (κ2) is 2.02. The zero-order valence-electron chi connectivity index (χ0n) is 5.73. The molecule has 4 heteroatoms. The summed E-state index contributed by atoms with van der Waals surface area (Å²) in [5.74, 6) is 0. The predicted molar refractivity (Wildman–Crippen MR) is 42.3 cm³/mol. The van der Waals surface area contributed by atoms with Crippen LogP contribution in [0.5, 0.6) is 0 Å². The molecule has 2 aromatic rings. The lowest BCUT2D eigenvalue weighted by atomic mass is 9.99. The topological polar surface area (TPSA) is 38.0 Å². The Bertz CT molecular complexity index is 396. The van der Waals surface area contributed by atoms with Crippen molar-refractivity contribution in [3.05, 3.63) is 24.5 Å². The van der Waals surface area contributed by atoms with Crippen molar-refractivity contribution in [2.24, 2.45) is 0 Å². The normalized spacial score (nSPS) is 10.5. The third kappa shape index (κ3) is 0.870. The quantitative estimate of drug-likeness (QED) is 0.419. The molecule has 0 amide bonds. The van der Waals surface area contributed by atoms with E-state index in [2.05, 4.69) is 4.98 Å². The molecule has 2 radical (unpaired) electrons. The molecular weight excluding hydrogens is 139 g/mol. The molecule has 1 N–H and O–H groups in total. The Kier molecular flexibility index (Phi) is 1.15. The molecule has 0 aliphatic carbocycles. The standard InChI is InChI=1S/C7H5BN2O/c8-5-3-7-6(9-4-5)1-2-10(7)11/h1-4,11H. The van der Waals surface area contributed by atoms with E-state index in [1.807, 2.05) is 0 Å². The van der Waals surface area contributed by atoms with Crippen molar-refractivity contribution in [3.63, 3.8) is 0 Å². The van der Waals surface area contributed by atoms with E-state index in [1.165, 1.54) is 6.20 Å². The van der Waals surface area contributed by atoms with Crippen LogP contribution in [0.15, 0.2) is 24.5 Å². The Hall–Kier alpha value is -1.45. The van der Waals surface area contributed by atoms with Gasteiger partial charge in [0.15, 0.2) is 0 Å². The molecule has 2 heterocycles. The van der Waals surface area contributed by atoms with Crippen LogP contribution in [0.2, 0.25) is 0 Å². The SMILES string of the molecule is [B]c1cnc2ccn(O)c2c1. The first-order valence-corrected chi connectivity index (χ1v) is 3.19. The molecule has 0 aliphatic heterocycles. The van der Waals surface area contributed by atoms with Gasteiger partial charge >= 0.3 is 0 Å². The number of aromatic nitrogens is 2. The van der Waals surface area contributed by atoms with E-state index in [0.29, 0.717) is 11.0 Å². The van der Waals surface area contributed by atoms with E-state index in [0.717, 1.165) is 10.2 Å². The minimum atomic E-state index is 0.548. The van der Waals surface area contributed by atoms with Crippen LogP contribution in [0.3, 0.4) is 0 Å². The Morgan fingerprint density at radius 3 is 3.18 bits per heavy atom. The van der Waals surface area contributed by atoms with Crippen LogP contribution >= 0.6 is 0 Å². The summed E-state index contributed by atoms with van der Waals surface area (Å²) in [5, 5.41) is 9.16. The van der Waals surface area contributed by atoms with Crippen LogP contribution in [0, 0.1) is 0 Å². The van der Waals surface area contributed by atoms with Crippen molar-refractivity contribution >= 4 is 24.3 Å². The predicted octanol–water partition coefficient (Wildman–Crippen LogP) is 0.0674. The molecule has 3 nitrogen and oxygen atoms in total. The molecular formula is C7H5BN2O. The van der Waals surface area contributed by atoms with Crippen molar-refractivity contribution in [2.45, 2.75) is 0 Å². The van der Waals surface area contributed by atoms with Crippen LogP contribution in [0.1, 0.15) is 0 Å². The van der Waals surface area contributed by atoms with Gasteiger partial charge in [0.1, 0.15) is 13.4 Å². The number of nitrogens with zero attached hydrogens (tertiary/aromatic N) is 2. The largest absolute Gasteiger partial charge is 0.428 e. The van der Waals surface area contributed by atoms with Gasteiger partial charge in [-0.25, -0.2) is 0 Å². The molecule has 0 aromatic carbocycles. The first-order chi connectivity index (χ1) is 5.27. The minimum Gasteiger partial charge on any atom is -0.428 e. The van der Waals surface area contributed by atoms with Gasteiger partial charge in [0, 0.05) is 12.4 Å². The summed E-state index contributed by atoms with van der Waals surface area (Å²) in [7, 11) is 5.46. The van der Waals surface area contributed by atoms with Crippen molar-refractivity contribution in [1.29, 1.82) is 0 Å². The average Bonchev–Trinajstić information content (AvgIpc) is 2.33. The zero-order chi connectivity index (χ0) is 7.84. The fraction of sp³-hybridized carbons (Fsp3) is 0. The van der Waals surface area contributed by atoms with E-state index in [4.69, 9.17) is 13.1 Å². The second-order valence-electron chi connectivity index (χ2n) is 2.33. The molecule has 0 aliphatic rings. The first kappa shape index (κ1) is 6.28. The van der Waals surface area contributed by atoms with Crippen molar-refractivity contribution in [1.82, 2.24) is 9.71 Å². The van der Waals surface area contributed by atoms with Gasteiger partial charge in [0.2, 0.25) is 0 Å². The lowest BCUT2D eigenvalue weighted by molar-refractivity contribution is 0.200. The highest BCUT2D eigenvalue weighted by Crippen LogP contribution is 2.07. The summed E-state index contributed by atoms with van der Waals surface area (Å²) >= 11 is 0. The Morgan fingerprint density at radius 2 is 2.36 bits per heavy atom. The summed E-state index contributed by atoms with van der Waals surface area (Å²) in [6.45, 7) is 0. The van der Waals surface area contributed by atoms with E-state index >= 15 is 0 Å². The van der Waals surface area contributed by atoms with Gasteiger partial charge in [-0.15, -0.1) is 0 Å². The highest BCUT2D eigenvalue weighted by atomic mass is 16.5. The lowest BCUT2D eigenvalue weighted by Gasteiger charge is -1.94. The highest BCUT2D eigenvalue weighted by molar-refractivity contribution is 6.32. The van der Waals surface area contributed by atoms with Crippen LogP contribution in [0.4, 0.5) is 0 Å². The summed E-state index contributed by atoms with van der Waals surface area (Å²) in [4.78, 5) is 4.00. The smallest absolute Gasteiger partial charge is 0.116 e. The second-order valence-corrected chi connectivity index (χ2v) is 2.33. The van der Waals surface area contributed by atoms with E-state index < -0.39 is 0 Å². The molecule has 52 valence electrons. The molecule has 0 fully saturated rings. The molecule has 0 bridgehead atoms. The number of pyridine rings is 1. The third-order valence-corrected chi connectivity index (χ3v) is 1.54. The summed E-state index contributed by atoms with van der Waals surface area (Å²) in [6, 6.07) is 3.39. The number of hydrogen-bond donors (Lipinski definition) is 1. The molecule has 2 rings (SSSR count). The van der Waals surface area contributed by atoms with Gasteiger partial charge in [-0.2, -0.15) is 4.73 Å². The van der Waals surface area contributed by atoms with E-state index in [1.54, 1.807) is 18.3 Å². The number of hydrogen-bond acceptors (Lipinski definition) is 2. The Labute approximate surface area is 64.7 Å².